The molecule has 1 unspecified atom stereocenters. The van der Waals surface area contributed by atoms with Gasteiger partial charge in [0.1, 0.15) is 5.82 Å². The van der Waals surface area contributed by atoms with Crippen molar-refractivity contribution in [3.63, 3.8) is 0 Å². The Morgan fingerprint density at radius 3 is 2.87 bits per heavy atom. The number of rotatable bonds is 6. The van der Waals surface area contributed by atoms with Crippen LogP contribution in [0, 0.1) is 5.82 Å². The summed E-state index contributed by atoms with van der Waals surface area (Å²) in [7, 11) is 0. The van der Waals surface area contributed by atoms with E-state index in [1.807, 2.05) is 0 Å². The van der Waals surface area contributed by atoms with Crippen LogP contribution in [0.15, 0.2) is 30.5 Å². The molecular formula is C16H16FN2NaO2S. The summed E-state index contributed by atoms with van der Waals surface area (Å²) in [5, 5.41) is 15.3. The van der Waals surface area contributed by atoms with E-state index in [1.54, 1.807) is 23.6 Å². The maximum atomic E-state index is 13.2. The van der Waals surface area contributed by atoms with E-state index >= 15 is 0 Å². The van der Waals surface area contributed by atoms with Gasteiger partial charge in [-0.05, 0) is 30.5 Å². The third-order valence-electron chi connectivity index (χ3n) is 3.92. The van der Waals surface area contributed by atoms with Crippen molar-refractivity contribution >= 4 is 17.3 Å². The second-order valence-electron chi connectivity index (χ2n) is 5.48. The van der Waals surface area contributed by atoms with Crippen LogP contribution in [0.5, 0.6) is 0 Å². The van der Waals surface area contributed by atoms with Crippen LogP contribution in [0.1, 0.15) is 46.7 Å². The van der Waals surface area contributed by atoms with Gasteiger partial charge >= 0.3 is 29.6 Å². The number of hydrogen-bond acceptors (Lipinski definition) is 5. The third kappa shape index (κ3) is 4.61. The van der Waals surface area contributed by atoms with Crippen molar-refractivity contribution in [3.8, 4) is 0 Å². The summed E-state index contributed by atoms with van der Waals surface area (Å²) < 4.78 is 13.2. The Morgan fingerprint density at radius 2 is 2.26 bits per heavy atom. The molecule has 1 heterocycles. The summed E-state index contributed by atoms with van der Waals surface area (Å²) in [5.41, 5.74) is 0.351. The van der Waals surface area contributed by atoms with Crippen LogP contribution in [-0.2, 0) is 11.3 Å². The molecule has 23 heavy (non-hydrogen) atoms. The summed E-state index contributed by atoms with van der Waals surface area (Å²) in [6.45, 7) is 0.375. The fourth-order valence-corrected chi connectivity index (χ4v) is 3.51. The first-order valence-electron chi connectivity index (χ1n) is 7.28. The molecule has 3 rings (SSSR count). The van der Waals surface area contributed by atoms with Gasteiger partial charge in [-0.25, -0.2) is 9.37 Å². The maximum absolute atomic E-state index is 13.2. The average Bonchev–Trinajstić information content (AvgIpc) is 2.85. The van der Waals surface area contributed by atoms with Gasteiger partial charge in [0, 0.05) is 23.5 Å². The summed E-state index contributed by atoms with van der Waals surface area (Å²) in [6.07, 6.45) is 5.41. The van der Waals surface area contributed by atoms with Gasteiger partial charge in [0.2, 0.25) is 0 Å². The zero-order valence-corrected chi connectivity index (χ0v) is 15.7. The molecule has 1 aromatic carbocycles. The molecule has 0 amide bonds. The van der Waals surface area contributed by atoms with Crippen LogP contribution in [0.25, 0.3) is 0 Å². The van der Waals surface area contributed by atoms with Gasteiger partial charge in [-0.3, -0.25) is 0 Å². The first-order chi connectivity index (χ1) is 10.6. The van der Waals surface area contributed by atoms with Crippen molar-refractivity contribution in [2.24, 2.45) is 0 Å². The maximum Gasteiger partial charge on any atom is 1.00 e. The van der Waals surface area contributed by atoms with Crippen molar-refractivity contribution in [1.82, 2.24) is 10.3 Å². The zero-order chi connectivity index (χ0) is 15.5. The van der Waals surface area contributed by atoms with Gasteiger partial charge in [0.25, 0.3) is 0 Å². The van der Waals surface area contributed by atoms with Crippen molar-refractivity contribution in [1.29, 1.82) is 0 Å². The minimum atomic E-state index is -1.27. The van der Waals surface area contributed by atoms with Gasteiger partial charge in [0.05, 0.1) is 17.0 Å². The fraction of sp³-hybridized carbons (Fsp3) is 0.375. The van der Waals surface area contributed by atoms with Crippen LogP contribution >= 0.6 is 11.3 Å². The molecule has 1 aliphatic rings. The molecule has 1 saturated carbocycles. The monoisotopic (exact) mass is 342 g/mol. The number of hydrogen-bond donors (Lipinski definition) is 1. The largest absolute Gasteiger partial charge is 1.00 e. The Morgan fingerprint density at radius 1 is 1.48 bits per heavy atom. The minimum absolute atomic E-state index is 0. The van der Waals surface area contributed by atoms with Gasteiger partial charge in [-0.15, -0.1) is 11.3 Å². The molecule has 7 heteroatoms. The van der Waals surface area contributed by atoms with E-state index in [0.29, 0.717) is 18.0 Å². The first kappa shape index (κ1) is 18.5. The number of aliphatic carboxylic acids is 1. The topological polar surface area (TPSA) is 65.0 Å². The van der Waals surface area contributed by atoms with E-state index in [4.69, 9.17) is 0 Å². The smallest absolute Gasteiger partial charge is 0.548 e. The van der Waals surface area contributed by atoms with Gasteiger partial charge in [-0.1, -0.05) is 18.6 Å². The molecule has 1 aliphatic carbocycles. The number of nitrogens with one attached hydrogen (secondary N) is 1. The number of halogens is 1. The molecule has 4 nitrogen and oxygen atoms in total. The zero-order valence-electron chi connectivity index (χ0n) is 12.9. The van der Waals surface area contributed by atoms with E-state index in [-0.39, 0.29) is 29.6 Å². The van der Waals surface area contributed by atoms with Crippen molar-refractivity contribution in [2.75, 3.05) is 0 Å². The number of carbonyl (C=O) groups is 1. The Kier molecular flexibility index (Phi) is 6.73. The first-order valence-corrected chi connectivity index (χ1v) is 8.09. The van der Waals surface area contributed by atoms with E-state index in [9.17, 15) is 14.3 Å². The number of nitrogens with zero attached hydrogens (tertiary/aromatic N) is 1. The fourth-order valence-electron chi connectivity index (χ4n) is 2.47. The normalized spacial score (nSPS) is 15.5. The Labute approximate surface area is 160 Å². The average molecular weight is 342 g/mol. The molecule has 0 bridgehead atoms. The quantitative estimate of drug-likeness (QED) is 0.694. The van der Waals surface area contributed by atoms with Crippen LogP contribution < -0.4 is 40.0 Å². The molecule has 2 aromatic rings. The molecule has 1 aromatic heterocycles. The number of carbonyl (C=O) groups excluding carboxylic acids is 1. The summed E-state index contributed by atoms with van der Waals surface area (Å²) in [4.78, 5) is 16.7. The summed E-state index contributed by atoms with van der Waals surface area (Å²) in [6, 6.07) is 4.52. The number of aromatic nitrogens is 1. The van der Waals surface area contributed by atoms with Crippen molar-refractivity contribution in [3.05, 3.63) is 51.7 Å². The summed E-state index contributed by atoms with van der Waals surface area (Å²) in [5.74, 6) is -1.16. The number of carboxylic acid groups (broad SMARTS) is 1. The van der Waals surface area contributed by atoms with Gasteiger partial charge in [-0.2, -0.15) is 0 Å². The number of thiazole rings is 1. The second kappa shape index (κ2) is 8.35. The Hall–Kier alpha value is -0.790. The van der Waals surface area contributed by atoms with E-state index in [0.717, 1.165) is 9.88 Å². The van der Waals surface area contributed by atoms with Crippen LogP contribution in [0.2, 0.25) is 0 Å². The third-order valence-corrected chi connectivity index (χ3v) is 5.08. The van der Waals surface area contributed by atoms with E-state index in [2.05, 4.69) is 10.3 Å². The second-order valence-corrected chi connectivity index (χ2v) is 6.63. The summed E-state index contributed by atoms with van der Waals surface area (Å²) >= 11 is 1.61. The van der Waals surface area contributed by atoms with Gasteiger partial charge in [0.15, 0.2) is 0 Å². The van der Waals surface area contributed by atoms with Crippen LogP contribution in [0.4, 0.5) is 4.39 Å². The molecule has 0 radical (unpaired) electrons. The molecular weight excluding hydrogens is 326 g/mol. The van der Waals surface area contributed by atoms with Gasteiger partial charge < -0.3 is 15.2 Å². The minimum Gasteiger partial charge on any atom is -0.548 e. The Bertz CT molecular complexity index is 676. The predicted octanol–water partition coefficient (Wildman–Crippen LogP) is -0.865. The molecule has 0 aliphatic heterocycles. The SMILES string of the molecule is O=C([O-])C(NCc1cnc(C2CCC2)s1)c1cccc(F)c1.[Na+]. The number of benzene rings is 1. The van der Waals surface area contributed by atoms with Crippen LogP contribution in [0.3, 0.4) is 0 Å². The molecule has 1 N–H and O–H groups in total. The van der Waals surface area contributed by atoms with Crippen molar-refractivity contribution in [2.45, 2.75) is 37.8 Å². The van der Waals surface area contributed by atoms with Crippen LogP contribution in [-0.4, -0.2) is 11.0 Å². The molecule has 1 fully saturated rings. The molecule has 0 spiro atoms. The van der Waals surface area contributed by atoms with E-state index < -0.39 is 17.8 Å². The molecule has 1 atom stereocenters. The predicted molar refractivity (Wildman–Crippen MR) is 79.7 cm³/mol. The number of carboxylic acids is 1. The van der Waals surface area contributed by atoms with E-state index in [1.165, 1.54) is 37.5 Å². The Balaban J connectivity index is 0.00000192. The molecule has 116 valence electrons. The molecule has 0 saturated heterocycles. The standard InChI is InChI=1S/C16H17FN2O2S.Na/c17-12-6-2-5-11(7-12)14(16(20)21)18-8-13-9-19-15(22-13)10-3-1-4-10;/h2,5-7,9-10,14,18H,1,3-4,8H2,(H,20,21);/q;+1/p-1. The van der Waals surface area contributed by atoms with Crippen molar-refractivity contribution < 1.29 is 43.8 Å².